The second-order valence-corrected chi connectivity index (χ2v) is 12.4. The fourth-order valence-electron chi connectivity index (χ4n) is 5.13. The van der Waals surface area contributed by atoms with Crippen LogP contribution in [0.4, 0.5) is 0 Å². The average Bonchev–Trinajstić information content (AvgIpc) is 2.93. The fraction of sp³-hybridized carbons (Fsp3) is 0.778. The molecule has 4 nitrogen and oxygen atoms in total. The van der Waals surface area contributed by atoms with Crippen molar-refractivity contribution in [3.8, 4) is 0 Å². The third kappa shape index (κ3) is 3.87. The number of nitrogens with one attached hydrogen (secondary N) is 1. The van der Waals surface area contributed by atoms with E-state index in [-0.39, 0.29) is 0 Å². The van der Waals surface area contributed by atoms with E-state index in [4.69, 9.17) is 0 Å². The fourth-order valence-corrected chi connectivity index (χ4v) is 7.53. The first kappa shape index (κ1) is 18.4. The minimum atomic E-state index is -3.43. The Morgan fingerprint density at radius 3 is 2.67 bits per heavy atom. The Morgan fingerprint density at radius 1 is 1.33 bits per heavy atom. The van der Waals surface area contributed by atoms with Gasteiger partial charge in [-0.15, -0.1) is 11.3 Å². The molecule has 0 amide bonds. The van der Waals surface area contributed by atoms with Crippen LogP contribution in [0.25, 0.3) is 0 Å². The number of thiophene rings is 1. The van der Waals surface area contributed by atoms with Crippen LogP contribution in [0.2, 0.25) is 0 Å². The van der Waals surface area contributed by atoms with Crippen molar-refractivity contribution in [2.75, 3.05) is 13.1 Å². The summed E-state index contributed by atoms with van der Waals surface area (Å²) in [5.41, 5.74) is 0.267. The Morgan fingerprint density at radius 2 is 2.04 bits per heavy atom. The van der Waals surface area contributed by atoms with Crippen molar-refractivity contribution in [3.05, 3.63) is 17.5 Å². The maximum absolute atomic E-state index is 12.6. The van der Waals surface area contributed by atoms with Crippen LogP contribution in [-0.4, -0.2) is 38.0 Å². The summed E-state index contributed by atoms with van der Waals surface area (Å²) in [4.78, 5) is 2.52. The van der Waals surface area contributed by atoms with Crippen LogP contribution < -0.4 is 4.72 Å². The van der Waals surface area contributed by atoms with Gasteiger partial charge in [-0.1, -0.05) is 26.8 Å². The highest BCUT2D eigenvalue weighted by Gasteiger charge is 2.50. The first-order valence-electron chi connectivity index (χ1n) is 8.72. The van der Waals surface area contributed by atoms with Crippen molar-refractivity contribution in [1.29, 1.82) is 0 Å². The van der Waals surface area contributed by atoms with Crippen LogP contribution in [-0.2, 0) is 10.0 Å². The number of hydrogen-bond donors (Lipinski definition) is 1. The van der Waals surface area contributed by atoms with Gasteiger partial charge in [-0.2, -0.15) is 0 Å². The van der Waals surface area contributed by atoms with Crippen LogP contribution in [0.15, 0.2) is 21.7 Å². The van der Waals surface area contributed by atoms with Crippen LogP contribution in [0.5, 0.6) is 0 Å². The SMILES string of the molecule is CC1(C)C[C@H]2C[C@@](C)(CN2CC(C)(C)NS(=O)(=O)c2cccs2)C1. The molecule has 0 spiro atoms. The van der Waals surface area contributed by atoms with E-state index in [0.717, 1.165) is 13.1 Å². The topological polar surface area (TPSA) is 49.4 Å². The summed E-state index contributed by atoms with van der Waals surface area (Å²) < 4.78 is 28.4. The number of nitrogens with zero attached hydrogens (tertiary/aromatic N) is 1. The smallest absolute Gasteiger partial charge is 0.250 e. The molecule has 1 aromatic rings. The monoisotopic (exact) mass is 370 g/mol. The molecule has 1 saturated carbocycles. The van der Waals surface area contributed by atoms with Gasteiger partial charge >= 0.3 is 0 Å². The zero-order valence-corrected chi connectivity index (χ0v) is 17.1. The number of sulfonamides is 1. The summed E-state index contributed by atoms with van der Waals surface area (Å²) in [6, 6.07) is 4.01. The molecular weight excluding hydrogens is 340 g/mol. The quantitative estimate of drug-likeness (QED) is 0.860. The molecule has 1 aliphatic carbocycles. The maximum Gasteiger partial charge on any atom is 0.250 e. The molecule has 24 heavy (non-hydrogen) atoms. The zero-order valence-electron chi connectivity index (χ0n) is 15.4. The van der Waals surface area contributed by atoms with E-state index in [2.05, 4.69) is 30.4 Å². The highest BCUT2D eigenvalue weighted by Crippen LogP contribution is 2.52. The summed E-state index contributed by atoms with van der Waals surface area (Å²) in [7, 11) is -3.43. The van der Waals surface area contributed by atoms with Gasteiger partial charge in [0.25, 0.3) is 10.0 Å². The molecule has 1 aliphatic heterocycles. The minimum absolute atomic E-state index is 0.370. The first-order valence-corrected chi connectivity index (χ1v) is 11.1. The standard InChI is InChI=1S/C18H30N2O2S2/c1-16(2)9-14-10-18(5,11-16)13-20(14)12-17(3,4)19-24(21,22)15-7-6-8-23-15/h6-8,14,19H,9-13H2,1-5H3/t14-,18+/m0/s1. The number of likely N-dealkylation sites (tertiary alicyclic amines) is 1. The summed E-state index contributed by atoms with van der Waals surface area (Å²) in [6.45, 7) is 12.9. The van der Waals surface area contributed by atoms with Gasteiger partial charge in [0.1, 0.15) is 4.21 Å². The van der Waals surface area contributed by atoms with E-state index in [9.17, 15) is 8.42 Å². The molecule has 2 bridgehead atoms. The van der Waals surface area contributed by atoms with Crippen LogP contribution in [0.3, 0.4) is 0 Å². The molecule has 0 aromatic carbocycles. The lowest BCUT2D eigenvalue weighted by Gasteiger charge is -2.40. The minimum Gasteiger partial charge on any atom is -0.298 e. The zero-order chi connectivity index (χ0) is 17.8. The average molecular weight is 371 g/mol. The van der Waals surface area contributed by atoms with E-state index in [1.54, 1.807) is 17.5 Å². The van der Waals surface area contributed by atoms with E-state index >= 15 is 0 Å². The molecular formula is C18H30N2O2S2. The Balaban J connectivity index is 1.71. The number of hydrogen-bond acceptors (Lipinski definition) is 4. The van der Waals surface area contributed by atoms with Gasteiger partial charge in [-0.05, 0) is 55.4 Å². The van der Waals surface area contributed by atoms with E-state index < -0.39 is 15.6 Å². The number of rotatable bonds is 5. The van der Waals surface area contributed by atoms with Crippen LogP contribution in [0.1, 0.15) is 53.9 Å². The molecule has 2 atom stereocenters. The predicted molar refractivity (Wildman–Crippen MR) is 99.8 cm³/mol. The maximum atomic E-state index is 12.6. The Labute approximate surface area is 150 Å². The molecule has 3 rings (SSSR count). The Kier molecular flexibility index (Phi) is 4.43. The molecule has 2 heterocycles. The second kappa shape index (κ2) is 5.79. The normalized spacial score (nSPS) is 30.6. The second-order valence-electron chi connectivity index (χ2n) is 9.54. The van der Waals surface area contributed by atoms with Gasteiger partial charge in [0.15, 0.2) is 0 Å². The molecule has 6 heteroatoms. The van der Waals surface area contributed by atoms with Crippen molar-refractivity contribution in [3.63, 3.8) is 0 Å². The summed E-state index contributed by atoms with van der Waals surface area (Å²) in [5.74, 6) is 0. The van der Waals surface area contributed by atoms with Gasteiger partial charge in [-0.3, -0.25) is 4.90 Å². The van der Waals surface area contributed by atoms with Crippen molar-refractivity contribution >= 4 is 21.4 Å². The molecule has 1 aromatic heterocycles. The van der Waals surface area contributed by atoms with E-state index in [0.29, 0.717) is 21.1 Å². The lowest BCUT2D eigenvalue weighted by atomic mass is 9.65. The molecule has 2 aliphatic rings. The lowest BCUT2D eigenvalue weighted by molar-refractivity contribution is 0.123. The molecule has 1 saturated heterocycles. The van der Waals surface area contributed by atoms with Gasteiger partial charge in [0.2, 0.25) is 0 Å². The van der Waals surface area contributed by atoms with Crippen molar-refractivity contribution < 1.29 is 8.42 Å². The third-order valence-corrected chi connectivity index (χ3v) is 8.39. The third-order valence-electron chi connectivity index (χ3n) is 5.29. The van der Waals surface area contributed by atoms with E-state index in [1.807, 2.05) is 13.8 Å². The molecule has 136 valence electrons. The lowest BCUT2D eigenvalue weighted by Crippen LogP contribution is -2.52. The predicted octanol–water partition coefficient (Wildman–Crippen LogP) is 3.71. The van der Waals surface area contributed by atoms with Gasteiger partial charge in [0, 0.05) is 24.7 Å². The molecule has 0 radical (unpaired) electrons. The summed E-state index contributed by atoms with van der Waals surface area (Å²) in [6.07, 6.45) is 3.70. The largest absolute Gasteiger partial charge is 0.298 e. The molecule has 0 unspecified atom stereocenters. The van der Waals surface area contributed by atoms with Crippen LogP contribution in [0, 0.1) is 10.8 Å². The van der Waals surface area contributed by atoms with Crippen LogP contribution >= 0.6 is 11.3 Å². The first-order chi connectivity index (χ1) is 10.9. The highest BCUT2D eigenvalue weighted by molar-refractivity contribution is 7.91. The molecule has 2 fully saturated rings. The van der Waals surface area contributed by atoms with Crippen molar-refractivity contribution in [2.45, 2.75) is 69.7 Å². The van der Waals surface area contributed by atoms with Crippen molar-refractivity contribution in [2.24, 2.45) is 10.8 Å². The number of fused-ring (bicyclic) bond motifs is 2. The highest BCUT2D eigenvalue weighted by atomic mass is 32.2. The Hall–Kier alpha value is -0.430. The van der Waals surface area contributed by atoms with Gasteiger partial charge < -0.3 is 0 Å². The van der Waals surface area contributed by atoms with E-state index in [1.165, 1.54) is 30.6 Å². The van der Waals surface area contributed by atoms with Crippen molar-refractivity contribution in [1.82, 2.24) is 9.62 Å². The summed E-state index contributed by atoms with van der Waals surface area (Å²) in [5, 5.41) is 1.80. The van der Waals surface area contributed by atoms with Gasteiger partial charge in [-0.25, -0.2) is 13.1 Å². The molecule has 1 N–H and O–H groups in total. The summed E-state index contributed by atoms with van der Waals surface area (Å²) >= 11 is 1.26. The Bertz CT molecular complexity index is 695. The van der Waals surface area contributed by atoms with Gasteiger partial charge in [0.05, 0.1) is 0 Å².